The molecule has 0 spiro atoms. The molecule has 1 aromatic carbocycles. The van der Waals surface area contributed by atoms with Crippen molar-refractivity contribution in [1.29, 1.82) is 0 Å². The summed E-state index contributed by atoms with van der Waals surface area (Å²) in [5, 5.41) is 10.4. The number of benzene rings is 1. The van der Waals surface area contributed by atoms with Crippen molar-refractivity contribution in [3.05, 3.63) is 62.1 Å². The smallest absolute Gasteiger partial charge is 0.332 e. The Morgan fingerprint density at radius 1 is 1.02 bits per heavy atom. The van der Waals surface area contributed by atoms with Gasteiger partial charge in [0.05, 0.1) is 12.9 Å². The molecule has 3 aromatic rings. The van der Waals surface area contributed by atoms with Gasteiger partial charge in [0.15, 0.2) is 16.9 Å². The summed E-state index contributed by atoms with van der Waals surface area (Å²) in [4.78, 5) is 58.6. The Kier molecular flexibility index (Phi) is 10.5. The van der Waals surface area contributed by atoms with Gasteiger partial charge in [-0.25, -0.2) is 9.78 Å². The summed E-state index contributed by atoms with van der Waals surface area (Å²) in [5.74, 6) is -0.222. The number of nitrogens with zero attached hydrogens (tertiary/aromatic N) is 6. The van der Waals surface area contributed by atoms with Crippen molar-refractivity contribution in [2.75, 3.05) is 45.9 Å². The Bertz CT molecular complexity index is 1510. The van der Waals surface area contributed by atoms with E-state index in [0.29, 0.717) is 43.5 Å². The number of carbonyl (C=O) groups excluding carboxylic acids is 2. The van der Waals surface area contributed by atoms with Crippen molar-refractivity contribution in [3.63, 3.8) is 0 Å². The van der Waals surface area contributed by atoms with Crippen LogP contribution in [0.3, 0.4) is 0 Å². The molecule has 12 nitrogen and oxygen atoms in total. The normalized spacial score (nSPS) is 15.3. The summed E-state index contributed by atoms with van der Waals surface area (Å²) in [6, 6.07) is 6.09. The zero-order chi connectivity index (χ0) is 30.4. The third-order valence-electron chi connectivity index (χ3n) is 8.00. The summed E-state index contributed by atoms with van der Waals surface area (Å²) in [7, 11) is 3.28. The van der Waals surface area contributed by atoms with Crippen LogP contribution in [0, 0.1) is 13.8 Å². The van der Waals surface area contributed by atoms with E-state index in [9.17, 15) is 24.3 Å². The van der Waals surface area contributed by atoms with Gasteiger partial charge in [0.25, 0.3) is 5.56 Å². The molecule has 12 heteroatoms. The molecule has 3 heterocycles. The van der Waals surface area contributed by atoms with Crippen LogP contribution in [-0.4, -0.2) is 97.3 Å². The first-order valence-electron chi connectivity index (χ1n) is 14.5. The fraction of sp³-hybridized carbons (Fsp3) is 0.567. The van der Waals surface area contributed by atoms with Gasteiger partial charge in [-0.15, -0.1) is 0 Å². The van der Waals surface area contributed by atoms with Crippen LogP contribution >= 0.6 is 0 Å². The molecule has 228 valence electrons. The molecule has 0 amide bonds. The van der Waals surface area contributed by atoms with Crippen molar-refractivity contribution in [1.82, 2.24) is 28.5 Å². The number of rotatable bonds is 13. The Hall–Kier alpha value is -3.61. The number of fused-ring (bicyclic) bond motifs is 1. The predicted octanol–water partition coefficient (Wildman–Crippen LogP) is 0.554. The molecule has 0 aliphatic carbocycles. The fourth-order valence-corrected chi connectivity index (χ4v) is 5.50. The van der Waals surface area contributed by atoms with E-state index in [2.05, 4.69) is 14.8 Å². The predicted molar refractivity (Wildman–Crippen MR) is 159 cm³/mol. The van der Waals surface area contributed by atoms with Crippen molar-refractivity contribution in [3.8, 4) is 0 Å². The van der Waals surface area contributed by atoms with Gasteiger partial charge < -0.3 is 14.4 Å². The van der Waals surface area contributed by atoms with E-state index in [1.54, 1.807) is 18.7 Å². The molecule has 42 heavy (non-hydrogen) atoms. The van der Waals surface area contributed by atoms with Crippen LogP contribution in [0.5, 0.6) is 0 Å². The van der Waals surface area contributed by atoms with Crippen molar-refractivity contribution in [2.24, 2.45) is 14.1 Å². The number of hydrogen-bond donors (Lipinski definition) is 1. The number of unbranched alkanes of at least 4 members (excludes halogenated alkanes) is 1. The Balaban J connectivity index is 1.12. The second-order valence-electron chi connectivity index (χ2n) is 11.3. The summed E-state index contributed by atoms with van der Waals surface area (Å²) in [5.41, 5.74) is 3.25. The lowest BCUT2D eigenvalue weighted by Gasteiger charge is -2.35. The number of carbonyl (C=O) groups is 2. The second-order valence-corrected chi connectivity index (χ2v) is 11.3. The van der Waals surface area contributed by atoms with E-state index in [4.69, 9.17) is 4.74 Å². The standard InChI is InChI=1S/C30H42N6O6/c1-21-8-7-9-22(2)25(21)16-23(37)17-34-12-14-35(15-13-34)18-24(38)19-42-26(39)10-5-6-11-36-29(40)27-28(31-20-32(27)3)33(4)30(36)41/h7-9,20,24,38H,5-6,10-19H2,1-4H3. The van der Waals surface area contributed by atoms with E-state index in [1.165, 1.54) is 15.5 Å². The zero-order valence-corrected chi connectivity index (χ0v) is 25.0. The molecule has 0 saturated carbocycles. The van der Waals surface area contributed by atoms with Gasteiger partial charge in [-0.3, -0.25) is 33.3 Å². The van der Waals surface area contributed by atoms with Crippen LogP contribution < -0.4 is 11.2 Å². The van der Waals surface area contributed by atoms with Crippen molar-refractivity contribution in [2.45, 2.75) is 52.2 Å². The van der Waals surface area contributed by atoms with E-state index in [0.717, 1.165) is 42.9 Å². The first-order valence-corrected chi connectivity index (χ1v) is 14.5. The maximum absolute atomic E-state index is 12.8. The van der Waals surface area contributed by atoms with E-state index >= 15 is 0 Å². The monoisotopic (exact) mass is 582 g/mol. The van der Waals surface area contributed by atoms with Crippen molar-refractivity contribution < 1.29 is 19.4 Å². The largest absolute Gasteiger partial charge is 0.463 e. The molecule has 0 bridgehead atoms. The third-order valence-corrected chi connectivity index (χ3v) is 8.00. The van der Waals surface area contributed by atoms with Crippen molar-refractivity contribution >= 4 is 22.9 Å². The Morgan fingerprint density at radius 2 is 1.69 bits per heavy atom. The number of aliphatic hydroxyl groups excluding tert-OH is 1. The van der Waals surface area contributed by atoms with Gasteiger partial charge in [0, 0.05) is 66.2 Å². The number of aryl methyl sites for hydroxylation is 4. The number of esters is 1. The number of hydrogen-bond acceptors (Lipinski definition) is 9. The van der Waals surface area contributed by atoms with Crippen LogP contribution in [0.15, 0.2) is 34.1 Å². The molecule has 1 unspecified atom stereocenters. The van der Waals surface area contributed by atoms with Crippen LogP contribution in [0.1, 0.15) is 36.0 Å². The number of piperazine rings is 1. The lowest BCUT2D eigenvalue weighted by atomic mass is 9.98. The van der Waals surface area contributed by atoms with Crippen LogP contribution in [0.25, 0.3) is 11.2 Å². The highest BCUT2D eigenvalue weighted by atomic mass is 16.5. The number of ether oxygens (including phenoxy) is 1. The Labute approximate surface area is 245 Å². The molecule has 1 saturated heterocycles. The zero-order valence-electron chi connectivity index (χ0n) is 25.0. The van der Waals surface area contributed by atoms with E-state index in [-0.39, 0.29) is 25.4 Å². The van der Waals surface area contributed by atoms with E-state index < -0.39 is 23.3 Å². The molecule has 0 radical (unpaired) electrons. The minimum absolute atomic E-state index is 0.0928. The average Bonchev–Trinajstić information content (AvgIpc) is 3.35. The highest BCUT2D eigenvalue weighted by Gasteiger charge is 2.22. The first kappa shape index (κ1) is 31.3. The summed E-state index contributed by atoms with van der Waals surface area (Å²) >= 11 is 0. The van der Waals surface area contributed by atoms with Gasteiger partial charge in [0.1, 0.15) is 12.7 Å². The minimum atomic E-state index is -0.807. The molecule has 1 aliphatic rings. The molecule has 2 aromatic heterocycles. The van der Waals surface area contributed by atoms with Crippen LogP contribution in [0.2, 0.25) is 0 Å². The molecule has 1 fully saturated rings. The fourth-order valence-electron chi connectivity index (χ4n) is 5.50. The molecule has 1 aliphatic heterocycles. The molecular formula is C30H42N6O6. The maximum Gasteiger partial charge on any atom is 0.332 e. The molecule has 1 N–H and O–H groups in total. The SMILES string of the molecule is Cc1cccc(C)c1CC(=O)CN1CCN(CC(O)COC(=O)CCCCn2c(=O)c3c(ncn3C)n(C)c2=O)CC1. The number of ketones is 1. The van der Waals surface area contributed by atoms with Gasteiger partial charge in [0.2, 0.25) is 0 Å². The van der Waals surface area contributed by atoms with Crippen LogP contribution in [-0.2, 0) is 41.4 Å². The molecular weight excluding hydrogens is 540 g/mol. The quantitative estimate of drug-likeness (QED) is 0.227. The highest BCUT2D eigenvalue weighted by molar-refractivity contribution is 5.83. The number of aliphatic hydroxyl groups is 1. The molecule has 4 rings (SSSR count). The topological polar surface area (TPSA) is 132 Å². The number of imidazole rings is 1. The second kappa shape index (κ2) is 14.0. The lowest BCUT2D eigenvalue weighted by molar-refractivity contribution is -0.147. The summed E-state index contributed by atoms with van der Waals surface area (Å²) in [6.45, 7) is 7.91. The van der Waals surface area contributed by atoms with Gasteiger partial charge in [-0.1, -0.05) is 18.2 Å². The minimum Gasteiger partial charge on any atom is -0.463 e. The molecule has 1 atom stereocenters. The summed E-state index contributed by atoms with van der Waals surface area (Å²) < 4.78 is 9.36. The third kappa shape index (κ3) is 7.61. The van der Waals surface area contributed by atoms with Gasteiger partial charge in [-0.2, -0.15) is 0 Å². The summed E-state index contributed by atoms with van der Waals surface area (Å²) in [6.07, 6.45) is 2.16. The first-order chi connectivity index (χ1) is 20.0. The van der Waals surface area contributed by atoms with Gasteiger partial charge >= 0.3 is 11.7 Å². The Morgan fingerprint density at radius 3 is 2.38 bits per heavy atom. The van der Waals surface area contributed by atoms with E-state index in [1.807, 2.05) is 32.0 Å². The van der Waals surface area contributed by atoms with Gasteiger partial charge in [-0.05, 0) is 43.4 Å². The number of aromatic nitrogens is 4. The maximum atomic E-state index is 12.8. The number of Topliss-reactive ketones (excluding diaryl/α,β-unsaturated/α-hetero) is 1. The number of β-amino-alcohol motifs (C(OH)–C–C–N with tert-alkyl or cyclic N) is 1. The highest BCUT2D eigenvalue weighted by Crippen LogP contribution is 2.15. The lowest BCUT2D eigenvalue weighted by Crippen LogP contribution is -2.50. The van der Waals surface area contributed by atoms with Crippen LogP contribution in [0.4, 0.5) is 0 Å². The average molecular weight is 583 g/mol.